The lowest BCUT2D eigenvalue weighted by molar-refractivity contribution is 0.223. The Morgan fingerprint density at radius 1 is 1.29 bits per heavy atom. The molecule has 0 aliphatic rings. The standard InChI is InChI=1S/C14H20N2O/c1-11(2)7-14(10-17)16-9-13-5-3-12(8-15)4-6-13/h3-6,11,14,16-17H,7,9-10H2,1-2H3. The molecule has 0 aliphatic heterocycles. The van der Waals surface area contributed by atoms with E-state index in [2.05, 4.69) is 25.2 Å². The molecule has 0 saturated heterocycles. The van der Waals surface area contributed by atoms with Crippen LogP contribution in [0.1, 0.15) is 31.4 Å². The van der Waals surface area contributed by atoms with Gasteiger partial charge in [-0.25, -0.2) is 0 Å². The lowest BCUT2D eigenvalue weighted by Gasteiger charge is -2.18. The highest BCUT2D eigenvalue weighted by Crippen LogP contribution is 2.07. The van der Waals surface area contributed by atoms with Crippen molar-refractivity contribution in [2.45, 2.75) is 32.9 Å². The smallest absolute Gasteiger partial charge is 0.0991 e. The maximum atomic E-state index is 9.23. The molecule has 1 aromatic carbocycles. The summed E-state index contributed by atoms with van der Waals surface area (Å²) in [4.78, 5) is 0. The van der Waals surface area contributed by atoms with E-state index in [9.17, 15) is 5.11 Å². The zero-order chi connectivity index (χ0) is 12.7. The van der Waals surface area contributed by atoms with Crippen LogP contribution in [0.15, 0.2) is 24.3 Å². The summed E-state index contributed by atoms with van der Waals surface area (Å²) in [5, 5.41) is 21.2. The van der Waals surface area contributed by atoms with Crippen LogP contribution in [0, 0.1) is 17.2 Å². The molecule has 2 N–H and O–H groups in total. The van der Waals surface area contributed by atoms with Gasteiger partial charge in [0, 0.05) is 12.6 Å². The second-order valence-electron chi connectivity index (χ2n) is 4.70. The summed E-state index contributed by atoms with van der Waals surface area (Å²) in [6.07, 6.45) is 0.965. The van der Waals surface area contributed by atoms with E-state index in [0.717, 1.165) is 18.5 Å². The van der Waals surface area contributed by atoms with E-state index in [-0.39, 0.29) is 12.6 Å². The number of rotatable bonds is 6. The van der Waals surface area contributed by atoms with Crippen LogP contribution < -0.4 is 5.32 Å². The highest BCUT2D eigenvalue weighted by Gasteiger charge is 2.08. The minimum absolute atomic E-state index is 0.144. The minimum atomic E-state index is 0.144. The Morgan fingerprint density at radius 2 is 1.94 bits per heavy atom. The van der Waals surface area contributed by atoms with Crippen LogP contribution in [0.5, 0.6) is 0 Å². The van der Waals surface area contributed by atoms with E-state index in [4.69, 9.17) is 5.26 Å². The molecule has 0 aliphatic carbocycles. The molecule has 0 spiro atoms. The van der Waals surface area contributed by atoms with Crippen molar-refractivity contribution in [1.82, 2.24) is 5.32 Å². The molecule has 0 aromatic heterocycles. The van der Waals surface area contributed by atoms with Crippen LogP contribution in [0.2, 0.25) is 0 Å². The minimum Gasteiger partial charge on any atom is -0.395 e. The van der Waals surface area contributed by atoms with Crippen LogP contribution >= 0.6 is 0 Å². The maximum absolute atomic E-state index is 9.23. The van der Waals surface area contributed by atoms with Gasteiger partial charge in [0.15, 0.2) is 0 Å². The number of nitriles is 1. The fourth-order valence-corrected chi connectivity index (χ4v) is 1.75. The van der Waals surface area contributed by atoms with Crippen LogP contribution in [-0.2, 0) is 6.54 Å². The highest BCUT2D eigenvalue weighted by atomic mass is 16.3. The van der Waals surface area contributed by atoms with Crippen molar-refractivity contribution in [1.29, 1.82) is 5.26 Å². The fourth-order valence-electron chi connectivity index (χ4n) is 1.75. The molecular formula is C14H20N2O. The average molecular weight is 232 g/mol. The van der Waals surface area contributed by atoms with Crippen LogP contribution in [-0.4, -0.2) is 17.8 Å². The van der Waals surface area contributed by atoms with Gasteiger partial charge in [-0.05, 0) is 30.0 Å². The van der Waals surface area contributed by atoms with E-state index in [0.29, 0.717) is 11.5 Å². The number of aliphatic hydroxyl groups is 1. The molecule has 1 aromatic rings. The van der Waals surface area contributed by atoms with Gasteiger partial charge >= 0.3 is 0 Å². The molecule has 1 rings (SSSR count). The van der Waals surface area contributed by atoms with Crippen molar-refractivity contribution in [3.05, 3.63) is 35.4 Å². The fraction of sp³-hybridized carbons (Fsp3) is 0.500. The quantitative estimate of drug-likeness (QED) is 0.789. The summed E-state index contributed by atoms with van der Waals surface area (Å²) in [6.45, 7) is 5.18. The zero-order valence-corrected chi connectivity index (χ0v) is 10.5. The summed E-state index contributed by atoms with van der Waals surface area (Å²) >= 11 is 0. The molecular weight excluding hydrogens is 212 g/mol. The van der Waals surface area contributed by atoms with E-state index in [1.165, 1.54) is 0 Å². The second-order valence-corrected chi connectivity index (χ2v) is 4.70. The summed E-state index contributed by atoms with van der Waals surface area (Å²) in [5.41, 5.74) is 1.81. The maximum Gasteiger partial charge on any atom is 0.0991 e. The van der Waals surface area contributed by atoms with Gasteiger partial charge in [0.2, 0.25) is 0 Å². The Bertz CT molecular complexity index is 365. The molecule has 92 valence electrons. The zero-order valence-electron chi connectivity index (χ0n) is 10.5. The molecule has 0 amide bonds. The van der Waals surface area contributed by atoms with Gasteiger partial charge in [-0.15, -0.1) is 0 Å². The first-order valence-corrected chi connectivity index (χ1v) is 5.99. The molecule has 0 heterocycles. The predicted molar refractivity (Wildman–Crippen MR) is 68.3 cm³/mol. The first kappa shape index (κ1) is 13.7. The lowest BCUT2D eigenvalue weighted by Crippen LogP contribution is -2.33. The van der Waals surface area contributed by atoms with E-state index >= 15 is 0 Å². The number of nitrogens with zero attached hydrogens (tertiary/aromatic N) is 1. The summed E-state index contributed by atoms with van der Waals surface area (Å²) < 4.78 is 0. The number of benzene rings is 1. The van der Waals surface area contributed by atoms with E-state index in [1.54, 1.807) is 0 Å². The van der Waals surface area contributed by atoms with Gasteiger partial charge in [0.05, 0.1) is 18.2 Å². The molecule has 3 heteroatoms. The molecule has 17 heavy (non-hydrogen) atoms. The van der Waals surface area contributed by atoms with Crippen molar-refractivity contribution in [2.75, 3.05) is 6.61 Å². The van der Waals surface area contributed by atoms with Crippen molar-refractivity contribution >= 4 is 0 Å². The third kappa shape index (κ3) is 4.99. The molecule has 0 bridgehead atoms. The Labute approximate surface area is 103 Å². The Kier molecular flexibility index (Phi) is 5.68. The lowest BCUT2D eigenvalue weighted by atomic mass is 10.0. The van der Waals surface area contributed by atoms with Gasteiger partial charge in [0.25, 0.3) is 0 Å². The van der Waals surface area contributed by atoms with Crippen molar-refractivity contribution in [3.8, 4) is 6.07 Å². The molecule has 0 fully saturated rings. The molecule has 0 radical (unpaired) electrons. The largest absolute Gasteiger partial charge is 0.395 e. The van der Waals surface area contributed by atoms with Crippen molar-refractivity contribution in [2.24, 2.45) is 5.92 Å². The van der Waals surface area contributed by atoms with E-state index < -0.39 is 0 Å². The van der Waals surface area contributed by atoms with Gasteiger partial charge in [0.1, 0.15) is 0 Å². The number of hydrogen-bond acceptors (Lipinski definition) is 3. The topological polar surface area (TPSA) is 56.0 Å². The number of aliphatic hydroxyl groups excluding tert-OH is 1. The summed E-state index contributed by atoms with van der Waals surface area (Å²) in [6, 6.07) is 9.75. The van der Waals surface area contributed by atoms with Crippen molar-refractivity contribution < 1.29 is 5.11 Å². The predicted octanol–water partition coefficient (Wildman–Crippen LogP) is 2.05. The summed E-state index contributed by atoms with van der Waals surface area (Å²) in [5.74, 6) is 0.570. The first-order valence-electron chi connectivity index (χ1n) is 5.99. The number of hydrogen-bond donors (Lipinski definition) is 2. The van der Waals surface area contributed by atoms with Gasteiger partial charge < -0.3 is 10.4 Å². The normalized spacial score (nSPS) is 12.4. The third-order valence-electron chi connectivity index (χ3n) is 2.65. The molecule has 3 nitrogen and oxygen atoms in total. The van der Waals surface area contributed by atoms with Crippen LogP contribution in [0.3, 0.4) is 0 Å². The second kappa shape index (κ2) is 7.05. The monoisotopic (exact) mass is 232 g/mol. The van der Waals surface area contributed by atoms with Gasteiger partial charge in [-0.2, -0.15) is 5.26 Å². The van der Waals surface area contributed by atoms with E-state index in [1.807, 2.05) is 24.3 Å². The first-order chi connectivity index (χ1) is 8.15. The molecule has 1 atom stereocenters. The van der Waals surface area contributed by atoms with Crippen LogP contribution in [0.25, 0.3) is 0 Å². The Balaban J connectivity index is 2.45. The SMILES string of the molecule is CC(C)CC(CO)NCc1ccc(C#N)cc1. The van der Waals surface area contributed by atoms with Crippen molar-refractivity contribution in [3.63, 3.8) is 0 Å². The third-order valence-corrected chi connectivity index (χ3v) is 2.65. The van der Waals surface area contributed by atoms with Gasteiger partial charge in [-0.3, -0.25) is 0 Å². The molecule has 1 unspecified atom stereocenters. The molecule has 0 saturated carbocycles. The average Bonchev–Trinajstić information content (AvgIpc) is 2.34. The highest BCUT2D eigenvalue weighted by molar-refractivity contribution is 5.31. The summed E-state index contributed by atoms with van der Waals surface area (Å²) in [7, 11) is 0. The number of nitrogens with one attached hydrogen (secondary N) is 1. The van der Waals surface area contributed by atoms with Crippen LogP contribution in [0.4, 0.5) is 0 Å². The Morgan fingerprint density at radius 3 is 2.41 bits per heavy atom. The van der Waals surface area contributed by atoms with Gasteiger partial charge in [-0.1, -0.05) is 26.0 Å². The Hall–Kier alpha value is -1.37.